The van der Waals surface area contributed by atoms with E-state index in [9.17, 15) is 0 Å². The van der Waals surface area contributed by atoms with Crippen molar-refractivity contribution in [3.05, 3.63) is 12.7 Å². The Hall–Kier alpha value is -0.340. The summed E-state index contributed by atoms with van der Waals surface area (Å²) in [5.41, 5.74) is 0. The first-order valence-corrected chi connectivity index (χ1v) is 3.66. The summed E-state index contributed by atoms with van der Waals surface area (Å²) in [5.74, 6) is 0. The minimum Gasteiger partial charge on any atom is -0.385 e. The van der Waals surface area contributed by atoms with Crippen LogP contribution in [0.2, 0.25) is 0 Å². The fourth-order valence-corrected chi connectivity index (χ4v) is 0.630. The lowest BCUT2D eigenvalue weighted by Crippen LogP contribution is -2.25. The number of ether oxygens (including phenoxy) is 1. The van der Waals surface area contributed by atoms with E-state index in [1.807, 2.05) is 6.08 Å². The van der Waals surface area contributed by atoms with Gasteiger partial charge < -0.3 is 10.1 Å². The van der Waals surface area contributed by atoms with E-state index in [0.717, 1.165) is 19.6 Å². The fraction of sp³-hybridized carbons (Fsp3) is 0.750. The minimum absolute atomic E-state index is 0.414. The van der Waals surface area contributed by atoms with Crippen LogP contribution in [0.1, 0.15) is 13.3 Å². The molecule has 0 amide bonds. The van der Waals surface area contributed by atoms with Crippen LogP contribution in [0, 0.1) is 0 Å². The molecule has 0 aromatic rings. The van der Waals surface area contributed by atoms with Gasteiger partial charge in [0.25, 0.3) is 0 Å². The average molecular weight is 143 g/mol. The highest BCUT2D eigenvalue weighted by molar-refractivity contribution is 4.80. The predicted octanol–water partition coefficient (Wildman–Crippen LogP) is 1.19. The SMILES string of the molecule is C=CC(C)NCCCOC. The Balaban J connectivity index is 2.95. The monoisotopic (exact) mass is 143 g/mol. The van der Waals surface area contributed by atoms with Crippen molar-refractivity contribution in [1.29, 1.82) is 0 Å². The van der Waals surface area contributed by atoms with E-state index in [0.29, 0.717) is 6.04 Å². The molecule has 0 aliphatic heterocycles. The van der Waals surface area contributed by atoms with Gasteiger partial charge in [-0.3, -0.25) is 0 Å². The Morgan fingerprint density at radius 1 is 1.70 bits per heavy atom. The third kappa shape index (κ3) is 5.79. The van der Waals surface area contributed by atoms with Crippen LogP contribution in [-0.4, -0.2) is 26.3 Å². The summed E-state index contributed by atoms with van der Waals surface area (Å²) in [6, 6.07) is 0.414. The van der Waals surface area contributed by atoms with Gasteiger partial charge in [-0.15, -0.1) is 6.58 Å². The predicted molar refractivity (Wildman–Crippen MR) is 44.2 cm³/mol. The van der Waals surface area contributed by atoms with E-state index in [-0.39, 0.29) is 0 Å². The zero-order valence-electron chi connectivity index (χ0n) is 6.89. The lowest BCUT2D eigenvalue weighted by Gasteiger charge is -2.07. The quantitative estimate of drug-likeness (QED) is 0.445. The van der Waals surface area contributed by atoms with Crippen LogP contribution in [0.5, 0.6) is 0 Å². The lowest BCUT2D eigenvalue weighted by atomic mass is 10.3. The normalized spacial score (nSPS) is 13.0. The largest absolute Gasteiger partial charge is 0.385 e. The first-order chi connectivity index (χ1) is 4.81. The second-order valence-electron chi connectivity index (χ2n) is 2.32. The van der Waals surface area contributed by atoms with Crippen molar-refractivity contribution in [1.82, 2.24) is 5.32 Å². The van der Waals surface area contributed by atoms with Crippen molar-refractivity contribution >= 4 is 0 Å². The molecule has 2 nitrogen and oxygen atoms in total. The first-order valence-electron chi connectivity index (χ1n) is 3.66. The molecule has 0 bridgehead atoms. The van der Waals surface area contributed by atoms with Crippen LogP contribution in [0.25, 0.3) is 0 Å². The molecule has 0 fully saturated rings. The van der Waals surface area contributed by atoms with Gasteiger partial charge in [-0.25, -0.2) is 0 Å². The van der Waals surface area contributed by atoms with Crippen molar-refractivity contribution in [2.24, 2.45) is 0 Å². The van der Waals surface area contributed by atoms with E-state index >= 15 is 0 Å². The molecule has 0 heterocycles. The second kappa shape index (κ2) is 6.78. The van der Waals surface area contributed by atoms with E-state index in [1.54, 1.807) is 7.11 Å². The Morgan fingerprint density at radius 2 is 2.40 bits per heavy atom. The summed E-state index contributed by atoms with van der Waals surface area (Å²) >= 11 is 0. The maximum Gasteiger partial charge on any atom is 0.0474 e. The average Bonchev–Trinajstić information content (AvgIpc) is 1.98. The van der Waals surface area contributed by atoms with Gasteiger partial charge in [0.1, 0.15) is 0 Å². The molecular weight excluding hydrogens is 126 g/mol. The van der Waals surface area contributed by atoms with Crippen molar-refractivity contribution in [3.8, 4) is 0 Å². The Bertz CT molecular complexity index is 83.3. The van der Waals surface area contributed by atoms with Crippen LogP contribution in [0.3, 0.4) is 0 Å². The van der Waals surface area contributed by atoms with E-state index in [4.69, 9.17) is 4.74 Å². The van der Waals surface area contributed by atoms with Crippen LogP contribution < -0.4 is 5.32 Å². The molecule has 0 radical (unpaired) electrons. The molecule has 1 unspecified atom stereocenters. The number of hydrogen-bond donors (Lipinski definition) is 1. The molecule has 0 aromatic heterocycles. The molecule has 0 saturated carbocycles. The minimum atomic E-state index is 0.414. The van der Waals surface area contributed by atoms with Crippen LogP contribution in [0.4, 0.5) is 0 Å². The van der Waals surface area contributed by atoms with Gasteiger partial charge in [0, 0.05) is 19.8 Å². The Labute approximate surface area is 63.3 Å². The smallest absolute Gasteiger partial charge is 0.0474 e. The van der Waals surface area contributed by atoms with Gasteiger partial charge >= 0.3 is 0 Å². The van der Waals surface area contributed by atoms with E-state index in [1.165, 1.54) is 0 Å². The molecule has 2 heteroatoms. The summed E-state index contributed by atoms with van der Waals surface area (Å²) < 4.78 is 4.89. The van der Waals surface area contributed by atoms with Gasteiger partial charge in [-0.1, -0.05) is 6.08 Å². The molecule has 1 N–H and O–H groups in total. The molecule has 0 aliphatic rings. The van der Waals surface area contributed by atoms with Crippen molar-refractivity contribution in [3.63, 3.8) is 0 Å². The van der Waals surface area contributed by atoms with Gasteiger partial charge in [-0.05, 0) is 19.9 Å². The lowest BCUT2D eigenvalue weighted by molar-refractivity contribution is 0.194. The third-order valence-corrected chi connectivity index (χ3v) is 1.35. The maximum atomic E-state index is 4.89. The first kappa shape index (κ1) is 9.66. The van der Waals surface area contributed by atoms with Crippen LogP contribution in [0.15, 0.2) is 12.7 Å². The van der Waals surface area contributed by atoms with E-state index < -0.39 is 0 Å². The number of rotatable bonds is 6. The molecule has 0 saturated heterocycles. The summed E-state index contributed by atoms with van der Waals surface area (Å²) in [6.07, 6.45) is 2.96. The highest BCUT2D eigenvalue weighted by Crippen LogP contribution is 1.82. The van der Waals surface area contributed by atoms with Crippen molar-refractivity contribution in [2.75, 3.05) is 20.3 Å². The number of hydrogen-bond acceptors (Lipinski definition) is 2. The second-order valence-corrected chi connectivity index (χ2v) is 2.32. The zero-order valence-corrected chi connectivity index (χ0v) is 6.89. The van der Waals surface area contributed by atoms with Gasteiger partial charge in [0.15, 0.2) is 0 Å². The maximum absolute atomic E-state index is 4.89. The third-order valence-electron chi connectivity index (χ3n) is 1.35. The molecule has 60 valence electrons. The molecule has 0 aliphatic carbocycles. The van der Waals surface area contributed by atoms with Crippen LogP contribution in [-0.2, 0) is 4.74 Å². The highest BCUT2D eigenvalue weighted by atomic mass is 16.5. The highest BCUT2D eigenvalue weighted by Gasteiger charge is 1.91. The summed E-state index contributed by atoms with van der Waals surface area (Å²) in [6.45, 7) is 7.58. The fourth-order valence-electron chi connectivity index (χ4n) is 0.630. The van der Waals surface area contributed by atoms with Gasteiger partial charge in [0.2, 0.25) is 0 Å². The van der Waals surface area contributed by atoms with Gasteiger partial charge in [0.05, 0.1) is 0 Å². The molecule has 0 rings (SSSR count). The Morgan fingerprint density at radius 3 is 2.90 bits per heavy atom. The Kier molecular flexibility index (Phi) is 6.55. The van der Waals surface area contributed by atoms with Gasteiger partial charge in [-0.2, -0.15) is 0 Å². The van der Waals surface area contributed by atoms with Crippen molar-refractivity contribution in [2.45, 2.75) is 19.4 Å². The summed E-state index contributed by atoms with van der Waals surface area (Å²) in [7, 11) is 1.72. The number of methoxy groups -OCH3 is 1. The summed E-state index contributed by atoms with van der Waals surface area (Å²) in [4.78, 5) is 0. The van der Waals surface area contributed by atoms with Crippen molar-refractivity contribution < 1.29 is 4.74 Å². The molecule has 1 atom stereocenters. The standard InChI is InChI=1S/C8H17NO/c1-4-8(2)9-6-5-7-10-3/h4,8-9H,1,5-7H2,2-3H3. The molecular formula is C8H17NO. The molecule has 0 spiro atoms. The zero-order chi connectivity index (χ0) is 7.82. The summed E-state index contributed by atoms with van der Waals surface area (Å²) in [5, 5.41) is 3.27. The topological polar surface area (TPSA) is 21.3 Å². The van der Waals surface area contributed by atoms with Crippen LogP contribution >= 0.6 is 0 Å². The molecule has 0 aromatic carbocycles. The van der Waals surface area contributed by atoms with E-state index in [2.05, 4.69) is 18.8 Å². The number of nitrogens with one attached hydrogen (secondary N) is 1. The molecule has 10 heavy (non-hydrogen) atoms.